The number of nitro groups is 1. The SMILES string of the molecule is NC1=C([N+](=O)[O-])C(c2ccccc2)c2ccccc21. The van der Waals surface area contributed by atoms with E-state index in [-0.39, 0.29) is 22.2 Å². The molecule has 2 aromatic carbocycles. The summed E-state index contributed by atoms with van der Waals surface area (Å²) in [6.45, 7) is 0. The van der Waals surface area contributed by atoms with E-state index >= 15 is 0 Å². The van der Waals surface area contributed by atoms with Crippen LogP contribution in [0.3, 0.4) is 0 Å². The molecular weight excluding hydrogens is 240 g/mol. The van der Waals surface area contributed by atoms with E-state index in [0.717, 1.165) is 16.7 Å². The third kappa shape index (κ3) is 1.69. The molecule has 0 amide bonds. The fourth-order valence-corrected chi connectivity index (χ4v) is 2.62. The summed E-state index contributed by atoms with van der Waals surface area (Å²) < 4.78 is 0. The van der Waals surface area contributed by atoms with Crippen LogP contribution in [0.25, 0.3) is 5.70 Å². The number of benzene rings is 2. The van der Waals surface area contributed by atoms with Gasteiger partial charge in [-0.15, -0.1) is 0 Å². The third-order valence-corrected chi connectivity index (χ3v) is 3.44. The summed E-state index contributed by atoms with van der Waals surface area (Å²) >= 11 is 0. The molecule has 1 aliphatic rings. The van der Waals surface area contributed by atoms with Crippen molar-refractivity contribution >= 4 is 5.70 Å². The Kier molecular flexibility index (Phi) is 2.56. The first-order valence-electron chi connectivity index (χ1n) is 5.98. The van der Waals surface area contributed by atoms with Gasteiger partial charge in [0.1, 0.15) is 11.6 Å². The summed E-state index contributed by atoms with van der Waals surface area (Å²) in [7, 11) is 0. The molecule has 0 radical (unpaired) electrons. The van der Waals surface area contributed by atoms with E-state index in [1.54, 1.807) is 0 Å². The van der Waals surface area contributed by atoms with Gasteiger partial charge >= 0.3 is 0 Å². The average molecular weight is 252 g/mol. The van der Waals surface area contributed by atoms with E-state index < -0.39 is 0 Å². The molecule has 4 nitrogen and oxygen atoms in total. The zero-order valence-electron chi connectivity index (χ0n) is 10.1. The van der Waals surface area contributed by atoms with Crippen molar-refractivity contribution in [3.8, 4) is 0 Å². The molecule has 1 aliphatic carbocycles. The van der Waals surface area contributed by atoms with Crippen LogP contribution in [-0.4, -0.2) is 4.92 Å². The number of rotatable bonds is 2. The van der Waals surface area contributed by atoms with Crippen LogP contribution in [0.2, 0.25) is 0 Å². The summed E-state index contributed by atoms with van der Waals surface area (Å²) in [6.07, 6.45) is 0. The molecule has 0 aromatic heterocycles. The summed E-state index contributed by atoms with van der Waals surface area (Å²) in [6, 6.07) is 16.9. The molecule has 0 aliphatic heterocycles. The number of allylic oxidation sites excluding steroid dienone is 1. The van der Waals surface area contributed by atoms with Crippen molar-refractivity contribution in [3.05, 3.63) is 87.1 Å². The van der Waals surface area contributed by atoms with Gasteiger partial charge in [0.2, 0.25) is 0 Å². The van der Waals surface area contributed by atoms with Gasteiger partial charge in [0.15, 0.2) is 0 Å². The fraction of sp³-hybridized carbons (Fsp3) is 0.0667. The Morgan fingerprint density at radius 1 is 1.00 bits per heavy atom. The van der Waals surface area contributed by atoms with Gasteiger partial charge in [0, 0.05) is 5.56 Å². The van der Waals surface area contributed by atoms with Crippen LogP contribution in [0.15, 0.2) is 60.3 Å². The molecule has 19 heavy (non-hydrogen) atoms. The Labute approximate surface area is 110 Å². The van der Waals surface area contributed by atoms with E-state index in [0.29, 0.717) is 0 Å². The standard InChI is InChI=1S/C15H12N2O2/c16-14-12-9-5-4-8-11(12)13(15(14)17(18)19)10-6-2-1-3-7-10/h1-9,13H,16H2. The topological polar surface area (TPSA) is 69.2 Å². The van der Waals surface area contributed by atoms with Gasteiger partial charge in [-0.1, -0.05) is 54.6 Å². The maximum Gasteiger partial charge on any atom is 0.281 e. The molecule has 0 saturated carbocycles. The normalized spacial score (nSPS) is 17.4. The van der Waals surface area contributed by atoms with Crippen molar-refractivity contribution in [2.45, 2.75) is 5.92 Å². The minimum absolute atomic E-state index is 0.0763. The van der Waals surface area contributed by atoms with Crippen LogP contribution in [0.1, 0.15) is 22.6 Å². The second-order valence-electron chi connectivity index (χ2n) is 4.49. The van der Waals surface area contributed by atoms with E-state index in [1.807, 2.05) is 54.6 Å². The van der Waals surface area contributed by atoms with Gasteiger partial charge in [-0.05, 0) is 11.1 Å². The van der Waals surface area contributed by atoms with Crippen molar-refractivity contribution < 1.29 is 4.92 Å². The first-order valence-corrected chi connectivity index (χ1v) is 5.98. The minimum atomic E-state index is -0.382. The molecule has 0 saturated heterocycles. The summed E-state index contributed by atoms with van der Waals surface area (Å²) in [4.78, 5) is 11.0. The number of nitrogens with two attached hydrogens (primary N) is 1. The molecule has 4 heteroatoms. The maximum absolute atomic E-state index is 11.3. The van der Waals surface area contributed by atoms with Crippen LogP contribution < -0.4 is 5.73 Å². The van der Waals surface area contributed by atoms with E-state index in [9.17, 15) is 10.1 Å². The molecule has 0 fully saturated rings. The lowest BCUT2D eigenvalue weighted by Gasteiger charge is -2.11. The zero-order valence-corrected chi connectivity index (χ0v) is 10.1. The monoisotopic (exact) mass is 252 g/mol. The Balaban J connectivity index is 2.25. The number of hydrogen-bond acceptors (Lipinski definition) is 3. The Morgan fingerprint density at radius 3 is 2.32 bits per heavy atom. The van der Waals surface area contributed by atoms with Crippen LogP contribution in [0.4, 0.5) is 0 Å². The molecular formula is C15H12N2O2. The lowest BCUT2D eigenvalue weighted by Crippen LogP contribution is -2.10. The van der Waals surface area contributed by atoms with Gasteiger partial charge in [0.25, 0.3) is 5.70 Å². The Bertz CT molecular complexity index is 678. The molecule has 0 heterocycles. The number of hydrogen-bond donors (Lipinski definition) is 1. The molecule has 1 unspecified atom stereocenters. The van der Waals surface area contributed by atoms with E-state index in [2.05, 4.69) is 0 Å². The average Bonchev–Trinajstić information content (AvgIpc) is 2.74. The molecule has 2 aromatic rings. The first-order chi connectivity index (χ1) is 9.20. The van der Waals surface area contributed by atoms with Crippen LogP contribution in [0.5, 0.6) is 0 Å². The largest absolute Gasteiger partial charge is 0.393 e. The highest BCUT2D eigenvalue weighted by Crippen LogP contribution is 2.43. The highest BCUT2D eigenvalue weighted by Gasteiger charge is 2.39. The second kappa shape index (κ2) is 4.24. The second-order valence-corrected chi connectivity index (χ2v) is 4.49. The van der Waals surface area contributed by atoms with Crippen LogP contribution in [-0.2, 0) is 0 Å². The van der Waals surface area contributed by atoms with E-state index in [4.69, 9.17) is 5.73 Å². The van der Waals surface area contributed by atoms with Crippen molar-refractivity contribution in [2.24, 2.45) is 5.73 Å². The molecule has 2 N–H and O–H groups in total. The van der Waals surface area contributed by atoms with Gasteiger partial charge in [-0.25, -0.2) is 0 Å². The third-order valence-electron chi connectivity index (χ3n) is 3.44. The molecule has 1 atom stereocenters. The van der Waals surface area contributed by atoms with Crippen molar-refractivity contribution in [2.75, 3.05) is 0 Å². The van der Waals surface area contributed by atoms with Gasteiger partial charge < -0.3 is 5.73 Å². The highest BCUT2D eigenvalue weighted by atomic mass is 16.6. The fourth-order valence-electron chi connectivity index (χ4n) is 2.62. The van der Waals surface area contributed by atoms with Crippen molar-refractivity contribution in [3.63, 3.8) is 0 Å². The molecule has 3 rings (SSSR count). The predicted molar refractivity (Wildman–Crippen MR) is 72.8 cm³/mol. The quantitative estimate of drug-likeness (QED) is 0.660. The molecule has 94 valence electrons. The maximum atomic E-state index is 11.3. The smallest absolute Gasteiger partial charge is 0.281 e. The van der Waals surface area contributed by atoms with Gasteiger partial charge in [-0.3, -0.25) is 10.1 Å². The molecule has 0 spiro atoms. The van der Waals surface area contributed by atoms with Crippen LogP contribution in [0, 0.1) is 10.1 Å². The highest BCUT2D eigenvalue weighted by molar-refractivity contribution is 5.76. The Morgan fingerprint density at radius 2 is 1.63 bits per heavy atom. The Hall–Kier alpha value is -2.62. The van der Waals surface area contributed by atoms with Crippen LogP contribution >= 0.6 is 0 Å². The number of nitrogens with zero attached hydrogens (tertiary/aromatic N) is 1. The van der Waals surface area contributed by atoms with Crippen molar-refractivity contribution in [1.82, 2.24) is 0 Å². The summed E-state index contributed by atoms with van der Waals surface area (Å²) in [5.41, 5.74) is 8.86. The summed E-state index contributed by atoms with van der Waals surface area (Å²) in [5.74, 6) is -0.382. The predicted octanol–water partition coefficient (Wildman–Crippen LogP) is 2.74. The van der Waals surface area contributed by atoms with Gasteiger partial charge in [-0.2, -0.15) is 0 Å². The summed E-state index contributed by atoms with van der Waals surface area (Å²) in [5, 5.41) is 11.3. The van der Waals surface area contributed by atoms with Crippen molar-refractivity contribution in [1.29, 1.82) is 0 Å². The lowest BCUT2D eigenvalue weighted by molar-refractivity contribution is -0.427. The zero-order chi connectivity index (χ0) is 13.4. The van der Waals surface area contributed by atoms with E-state index in [1.165, 1.54) is 0 Å². The molecule has 0 bridgehead atoms. The minimum Gasteiger partial charge on any atom is -0.393 e. The number of fused-ring (bicyclic) bond motifs is 1. The first kappa shape index (κ1) is 11.5. The van der Waals surface area contributed by atoms with Gasteiger partial charge in [0.05, 0.1) is 4.92 Å². The lowest BCUT2D eigenvalue weighted by atomic mass is 9.91.